The number of alkyl halides is 3. The number of aryl methyl sites for hydroxylation is 1. The molecule has 0 bridgehead atoms. The maximum Gasteiger partial charge on any atom is 0.416 e. The molecule has 0 atom stereocenters. The zero-order valence-corrected chi connectivity index (χ0v) is 14.5. The lowest BCUT2D eigenvalue weighted by molar-refractivity contribution is -0.137. The van der Waals surface area contributed by atoms with Gasteiger partial charge in [-0.3, -0.25) is 0 Å². The van der Waals surface area contributed by atoms with Gasteiger partial charge in [-0.25, -0.2) is 0 Å². The Hall–Kier alpha value is -0.853. The van der Waals surface area contributed by atoms with Gasteiger partial charge in [-0.05, 0) is 42.6 Å². The molecule has 0 aromatic heterocycles. The lowest BCUT2D eigenvalue weighted by atomic mass is 10.1. The van der Waals surface area contributed by atoms with Crippen molar-refractivity contribution in [2.24, 2.45) is 0 Å². The summed E-state index contributed by atoms with van der Waals surface area (Å²) in [7, 11) is 1.42. The van der Waals surface area contributed by atoms with Crippen molar-refractivity contribution in [3.8, 4) is 0 Å². The van der Waals surface area contributed by atoms with Crippen LogP contribution in [-0.4, -0.2) is 22.8 Å². The van der Waals surface area contributed by atoms with E-state index >= 15 is 0 Å². The molecule has 1 aromatic rings. The first-order chi connectivity index (χ1) is 10.4. The van der Waals surface area contributed by atoms with Crippen LogP contribution >= 0.6 is 0 Å². The van der Waals surface area contributed by atoms with Crippen LogP contribution in [0.3, 0.4) is 0 Å². The Morgan fingerprint density at radius 3 is 2.00 bits per heavy atom. The third kappa shape index (κ3) is 5.74. The second-order valence-corrected chi connectivity index (χ2v) is 9.27. The molecule has 0 aliphatic rings. The summed E-state index contributed by atoms with van der Waals surface area (Å²) < 4.78 is 48.5. The van der Waals surface area contributed by atoms with Gasteiger partial charge < -0.3 is 8.85 Å². The number of hydrogen-bond acceptors (Lipinski definition) is 2. The van der Waals surface area contributed by atoms with Gasteiger partial charge in [0, 0.05) is 14.2 Å². The van der Waals surface area contributed by atoms with E-state index in [1.807, 2.05) is 0 Å². The molecule has 22 heavy (non-hydrogen) atoms. The van der Waals surface area contributed by atoms with Crippen molar-refractivity contribution >= 4 is 8.56 Å². The summed E-state index contributed by atoms with van der Waals surface area (Å²) in [5.74, 6) is 0. The Labute approximate surface area is 131 Å². The Morgan fingerprint density at radius 1 is 0.955 bits per heavy atom. The van der Waals surface area contributed by atoms with Crippen molar-refractivity contribution in [3.63, 3.8) is 0 Å². The highest BCUT2D eigenvalue weighted by Gasteiger charge is 2.32. The molecule has 0 aliphatic carbocycles. The van der Waals surface area contributed by atoms with Crippen molar-refractivity contribution in [2.45, 2.75) is 50.9 Å². The molecule has 0 N–H and O–H groups in total. The van der Waals surface area contributed by atoms with Gasteiger partial charge in [0.15, 0.2) is 0 Å². The molecule has 1 aromatic carbocycles. The van der Waals surface area contributed by atoms with Crippen LogP contribution in [0, 0.1) is 0 Å². The van der Waals surface area contributed by atoms with Crippen molar-refractivity contribution in [3.05, 3.63) is 35.4 Å². The van der Waals surface area contributed by atoms with E-state index in [0.717, 1.165) is 55.5 Å². The highest BCUT2D eigenvalue weighted by molar-refractivity contribution is 6.67. The first-order valence-corrected chi connectivity index (χ1v) is 9.86. The number of benzene rings is 1. The van der Waals surface area contributed by atoms with Crippen LogP contribution in [0.1, 0.15) is 37.3 Å². The third-order valence-electron chi connectivity index (χ3n) is 4.09. The molecule has 0 heterocycles. The van der Waals surface area contributed by atoms with Crippen LogP contribution in [0.4, 0.5) is 13.2 Å². The van der Waals surface area contributed by atoms with Crippen LogP contribution in [0.25, 0.3) is 0 Å². The van der Waals surface area contributed by atoms with E-state index in [0.29, 0.717) is 0 Å². The summed E-state index contributed by atoms with van der Waals surface area (Å²) >= 11 is 0. The van der Waals surface area contributed by atoms with Gasteiger partial charge >= 0.3 is 14.7 Å². The summed E-state index contributed by atoms with van der Waals surface area (Å²) in [6.45, 7) is 2.08. The molecule has 0 saturated carbocycles. The van der Waals surface area contributed by atoms with Gasteiger partial charge in [-0.1, -0.05) is 31.9 Å². The number of hydrogen-bond donors (Lipinski definition) is 0. The van der Waals surface area contributed by atoms with Crippen molar-refractivity contribution in [1.82, 2.24) is 0 Å². The third-order valence-corrected chi connectivity index (χ3v) is 7.77. The summed E-state index contributed by atoms with van der Waals surface area (Å²) in [5.41, 5.74) is 0.362. The molecule has 0 radical (unpaired) electrons. The van der Waals surface area contributed by atoms with Gasteiger partial charge in [0.2, 0.25) is 0 Å². The molecular weight excluding hydrogens is 309 g/mol. The number of rotatable bonds is 9. The Balaban J connectivity index is 2.33. The van der Waals surface area contributed by atoms with Crippen LogP contribution in [0.15, 0.2) is 24.3 Å². The van der Waals surface area contributed by atoms with E-state index < -0.39 is 20.3 Å². The Bertz CT molecular complexity index is 420. The molecule has 126 valence electrons. The predicted molar refractivity (Wildman–Crippen MR) is 84.1 cm³/mol. The maximum absolute atomic E-state index is 12.5. The van der Waals surface area contributed by atoms with Crippen molar-refractivity contribution in [2.75, 3.05) is 14.2 Å². The molecule has 0 fully saturated rings. The van der Waals surface area contributed by atoms with E-state index in [9.17, 15) is 13.2 Å². The summed E-state index contributed by atoms with van der Waals surface area (Å²) in [6.07, 6.45) is -0.427. The minimum Gasteiger partial charge on any atom is -0.398 e. The van der Waals surface area contributed by atoms with Crippen LogP contribution in [0.5, 0.6) is 0 Å². The smallest absolute Gasteiger partial charge is 0.398 e. The molecule has 6 heteroatoms. The summed E-state index contributed by atoms with van der Waals surface area (Å²) in [5, 5.41) is 0. The van der Waals surface area contributed by atoms with Gasteiger partial charge in [0.05, 0.1) is 5.56 Å². The molecule has 2 nitrogen and oxygen atoms in total. The average Bonchev–Trinajstić information content (AvgIpc) is 2.51. The van der Waals surface area contributed by atoms with E-state index in [1.165, 1.54) is 0 Å². The fraction of sp³-hybridized carbons (Fsp3) is 0.625. The Morgan fingerprint density at radius 2 is 1.55 bits per heavy atom. The van der Waals surface area contributed by atoms with Gasteiger partial charge in [-0.15, -0.1) is 0 Å². The normalized spacial score (nSPS) is 12.6. The van der Waals surface area contributed by atoms with Crippen LogP contribution in [-0.2, 0) is 21.4 Å². The van der Waals surface area contributed by atoms with Crippen molar-refractivity contribution < 1.29 is 22.0 Å². The topological polar surface area (TPSA) is 18.5 Å². The minimum absolute atomic E-state index is 0.588. The molecule has 0 spiro atoms. The molecule has 0 amide bonds. The maximum atomic E-state index is 12.5. The summed E-state index contributed by atoms with van der Waals surface area (Å²) in [6, 6.07) is 7.33. The van der Waals surface area contributed by atoms with Gasteiger partial charge in [-0.2, -0.15) is 13.2 Å². The largest absolute Gasteiger partial charge is 0.416 e. The van der Waals surface area contributed by atoms with E-state index in [2.05, 4.69) is 6.92 Å². The lowest BCUT2D eigenvalue weighted by Crippen LogP contribution is -2.38. The van der Waals surface area contributed by atoms with Crippen molar-refractivity contribution in [1.29, 1.82) is 0 Å². The lowest BCUT2D eigenvalue weighted by Gasteiger charge is -2.25. The monoisotopic (exact) mass is 334 g/mol. The molecule has 0 aliphatic heterocycles. The highest BCUT2D eigenvalue weighted by Crippen LogP contribution is 2.29. The highest BCUT2D eigenvalue weighted by atomic mass is 28.4. The fourth-order valence-corrected chi connectivity index (χ4v) is 4.81. The SMILES string of the molecule is CC[Si](CCCCCc1ccc(C(F)(F)F)cc1)(OC)OC. The standard InChI is InChI=1S/C16H25F3O2Si/c1-4-22(20-2,21-3)13-7-5-6-8-14-9-11-15(12-10-14)16(17,18)19/h9-12H,4-8,13H2,1-3H3. The first-order valence-electron chi connectivity index (χ1n) is 7.63. The van der Waals surface area contributed by atoms with Crippen LogP contribution < -0.4 is 0 Å². The second-order valence-electron chi connectivity index (χ2n) is 5.43. The van der Waals surface area contributed by atoms with E-state index in [-0.39, 0.29) is 0 Å². The molecule has 0 unspecified atom stereocenters. The predicted octanol–water partition coefficient (Wildman–Crippen LogP) is 5.17. The van der Waals surface area contributed by atoms with Crippen LogP contribution in [0.2, 0.25) is 12.1 Å². The average molecular weight is 334 g/mol. The number of unbranched alkanes of at least 4 members (excludes halogenated alkanes) is 2. The van der Waals surface area contributed by atoms with Gasteiger partial charge in [0.25, 0.3) is 0 Å². The minimum atomic E-state index is -4.26. The molecule has 1 rings (SSSR count). The second kappa shape index (κ2) is 8.69. The van der Waals surface area contributed by atoms with Gasteiger partial charge in [0.1, 0.15) is 0 Å². The first kappa shape index (κ1) is 19.2. The fourth-order valence-electron chi connectivity index (χ4n) is 2.51. The summed E-state index contributed by atoms with van der Waals surface area (Å²) in [4.78, 5) is 0. The zero-order chi connectivity index (χ0) is 16.6. The Kier molecular flexibility index (Phi) is 7.59. The zero-order valence-electron chi connectivity index (χ0n) is 13.5. The quantitative estimate of drug-likeness (QED) is 0.458. The number of halogens is 3. The molecular formula is C16H25F3O2Si. The molecule has 0 saturated heterocycles. The van der Waals surface area contributed by atoms with E-state index in [1.54, 1.807) is 26.4 Å². The van der Waals surface area contributed by atoms with E-state index in [4.69, 9.17) is 8.85 Å².